The maximum Gasteiger partial charge on any atom is 0.353 e. The summed E-state index contributed by atoms with van der Waals surface area (Å²) in [5, 5.41) is 4.01. The average molecular weight is 409 g/mol. The number of hydrogen-bond donors (Lipinski definition) is 1. The third-order valence-electron chi connectivity index (χ3n) is 4.06. The van der Waals surface area contributed by atoms with E-state index >= 15 is 0 Å². The molecule has 2 heterocycles. The van der Waals surface area contributed by atoms with Crippen LogP contribution in [0.5, 0.6) is 0 Å². The number of carbonyl (C=O) groups excluding carboxylic acids is 1. The molecule has 0 saturated carbocycles. The van der Waals surface area contributed by atoms with Gasteiger partial charge in [-0.2, -0.15) is 4.31 Å². The molecular weight excluding hydrogens is 392 g/mol. The van der Waals surface area contributed by atoms with Crippen molar-refractivity contribution in [1.29, 1.82) is 0 Å². The van der Waals surface area contributed by atoms with Gasteiger partial charge in [-0.3, -0.25) is 4.98 Å². The molecule has 0 bridgehead atoms. The average Bonchev–Trinajstić information content (AvgIpc) is 3.18. The van der Waals surface area contributed by atoms with Crippen molar-refractivity contribution in [2.75, 3.05) is 6.54 Å². The summed E-state index contributed by atoms with van der Waals surface area (Å²) in [4.78, 5) is 21.3. The second-order valence-electron chi connectivity index (χ2n) is 5.83. The first-order valence-corrected chi connectivity index (χ1v) is 9.94. The van der Waals surface area contributed by atoms with E-state index in [1.165, 1.54) is 30.5 Å². The van der Waals surface area contributed by atoms with E-state index in [0.29, 0.717) is 23.6 Å². The third kappa shape index (κ3) is 4.26. The zero-order valence-electron chi connectivity index (χ0n) is 14.2. The molecule has 0 aliphatic carbocycles. The Morgan fingerprint density at radius 3 is 2.67 bits per heavy atom. The van der Waals surface area contributed by atoms with E-state index in [4.69, 9.17) is 22.2 Å². The molecule has 0 unspecified atom stereocenters. The highest BCUT2D eigenvalue weighted by Gasteiger charge is 2.40. The smallest absolute Gasteiger partial charge is 0.353 e. The molecule has 142 valence electrons. The van der Waals surface area contributed by atoms with E-state index in [1.54, 1.807) is 18.2 Å². The minimum atomic E-state index is -3.86. The molecule has 1 aliphatic rings. The molecule has 8 nitrogen and oxygen atoms in total. The van der Waals surface area contributed by atoms with Gasteiger partial charge in [-0.15, -0.1) is 0 Å². The zero-order valence-corrected chi connectivity index (χ0v) is 15.7. The molecule has 3 rings (SSSR count). The number of halogens is 1. The Morgan fingerprint density at radius 1 is 1.26 bits per heavy atom. The van der Waals surface area contributed by atoms with E-state index < -0.39 is 22.0 Å². The van der Waals surface area contributed by atoms with Crippen LogP contribution >= 0.6 is 11.6 Å². The number of sulfonamides is 1. The molecule has 1 aliphatic heterocycles. The first-order chi connectivity index (χ1) is 12.9. The molecule has 1 aromatic carbocycles. The summed E-state index contributed by atoms with van der Waals surface area (Å²) in [6.07, 6.45) is 2.40. The summed E-state index contributed by atoms with van der Waals surface area (Å²) in [6.45, 7) is 0.212. The topological polar surface area (TPSA) is 115 Å². The van der Waals surface area contributed by atoms with Gasteiger partial charge in [-0.25, -0.2) is 13.2 Å². The van der Waals surface area contributed by atoms with E-state index in [2.05, 4.69) is 10.1 Å². The second kappa shape index (κ2) is 8.03. The predicted molar refractivity (Wildman–Crippen MR) is 99.4 cm³/mol. The van der Waals surface area contributed by atoms with E-state index in [9.17, 15) is 13.2 Å². The van der Waals surface area contributed by atoms with E-state index in [-0.39, 0.29) is 17.3 Å². The van der Waals surface area contributed by atoms with Crippen LogP contribution in [0.2, 0.25) is 5.02 Å². The van der Waals surface area contributed by atoms with Gasteiger partial charge in [0.25, 0.3) is 0 Å². The summed E-state index contributed by atoms with van der Waals surface area (Å²) in [7, 11) is -3.86. The Bertz CT molecular complexity index is 949. The molecule has 10 heteroatoms. The normalized spacial score (nSPS) is 18.4. The second-order valence-corrected chi connectivity index (χ2v) is 8.16. The van der Waals surface area contributed by atoms with Crippen LogP contribution in [-0.2, 0) is 19.7 Å². The summed E-state index contributed by atoms with van der Waals surface area (Å²) in [5.74, 6) is -0.863. The number of aromatic nitrogens is 1. The van der Waals surface area contributed by atoms with Gasteiger partial charge in [0.2, 0.25) is 10.0 Å². The van der Waals surface area contributed by atoms with Crippen LogP contribution in [-0.4, -0.2) is 42.1 Å². The fraction of sp³-hybridized carbons (Fsp3) is 0.235. The molecule has 0 radical (unpaired) electrons. The molecule has 2 aromatic rings. The van der Waals surface area contributed by atoms with E-state index in [1.807, 2.05) is 0 Å². The van der Waals surface area contributed by atoms with Crippen molar-refractivity contribution in [3.63, 3.8) is 0 Å². The van der Waals surface area contributed by atoms with Crippen molar-refractivity contribution >= 4 is 33.4 Å². The highest BCUT2D eigenvalue weighted by atomic mass is 35.5. The maximum absolute atomic E-state index is 12.8. The fourth-order valence-corrected chi connectivity index (χ4v) is 4.49. The van der Waals surface area contributed by atoms with Gasteiger partial charge in [-0.1, -0.05) is 22.8 Å². The largest absolute Gasteiger partial charge is 0.379 e. The van der Waals surface area contributed by atoms with Crippen molar-refractivity contribution in [1.82, 2.24) is 9.29 Å². The van der Waals surface area contributed by atoms with Gasteiger partial charge in [-0.05, 0) is 49.2 Å². The highest BCUT2D eigenvalue weighted by molar-refractivity contribution is 7.89. The highest BCUT2D eigenvalue weighted by Crippen LogP contribution is 2.27. The zero-order chi connectivity index (χ0) is 19.4. The van der Waals surface area contributed by atoms with Gasteiger partial charge < -0.3 is 10.6 Å². The molecule has 1 saturated heterocycles. The van der Waals surface area contributed by atoms with Gasteiger partial charge in [0.05, 0.1) is 4.90 Å². The predicted octanol–water partition coefficient (Wildman–Crippen LogP) is 1.75. The number of rotatable bonds is 5. The SMILES string of the molecule is N/C(=N\OC(=O)[C@H]1CCCN1S(=O)(=O)c1ccc(Cl)cc1)c1ccccn1. The molecule has 2 N–H and O–H groups in total. The number of hydrogen-bond acceptors (Lipinski definition) is 6. The molecule has 1 atom stereocenters. The maximum atomic E-state index is 12.8. The first kappa shape index (κ1) is 19.3. The lowest BCUT2D eigenvalue weighted by atomic mass is 10.2. The van der Waals surface area contributed by atoms with Crippen LogP contribution in [0.25, 0.3) is 0 Å². The van der Waals surface area contributed by atoms with Gasteiger partial charge in [0.1, 0.15) is 11.7 Å². The molecule has 1 aromatic heterocycles. The number of oxime groups is 1. The van der Waals surface area contributed by atoms with Crippen molar-refractivity contribution < 1.29 is 18.0 Å². The summed E-state index contributed by atoms with van der Waals surface area (Å²) < 4.78 is 26.8. The number of nitrogens with zero attached hydrogens (tertiary/aromatic N) is 3. The Labute approximate surface area is 161 Å². The lowest BCUT2D eigenvalue weighted by Gasteiger charge is -2.21. The van der Waals surface area contributed by atoms with Crippen LogP contribution in [0, 0.1) is 0 Å². The van der Waals surface area contributed by atoms with Crippen LogP contribution in [0.15, 0.2) is 58.7 Å². The number of carbonyl (C=O) groups is 1. The summed E-state index contributed by atoms with van der Waals surface area (Å²) >= 11 is 5.81. The molecular formula is C17H17ClN4O4S. The number of nitrogens with two attached hydrogens (primary N) is 1. The van der Waals surface area contributed by atoms with Crippen LogP contribution in [0.4, 0.5) is 0 Å². The first-order valence-electron chi connectivity index (χ1n) is 8.13. The summed E-state index contributed by atoms with van der Waals surface area (Å²) in [5.41, 5.74) is 6.08. The number of amidine groups is 1. The van der Waals surface area contributed by atoms with Crippen molar-refractivity contribution in [2.24, 2.45) is 10.9 Å². The Balaban J connectivity index is 1.75. The van der Waals surface area contributed by atoms with Gasteiger partial charge in [0, 0.05) is 17.8 Å². The lowest BCUT2D eigenvalue weighted by molar-refractivity contribution is -0.147. The van der Waals surface area contributed by atoms with Crippen molar-refractivity contribution in [3.05, 3.63) is 59.4 Å². The monoisotopic (exact) mass is 408 g/mol. The molecule has 1 fully saturated rings. The quantitative estimate of drug-likeness (QED) is 0.349. The Kier molecular flexibility index (Phi) is 5.73. The van der Waals surface area contributed by atoms with Crippen LogP contribution in [0.3, 0.4) is 0 Å². The van der Waals surface area contributed by atoms with Crippen LogP contribution in [0.1, 0.15) is 18.5 Å². The van der Waals surface area contributed by atoms with Crippen molar-refractivity contribution in [3.8, 4) is 0 Å². The molecule has 27 heavy (non-hydrogen) atoms. The fourth-order valence-electron chi connectivity index (χ4n) is 2.72. The lowest BCUT2D eigenvalue weighted by Crippen LogP contribution is -2.41. The number of pyridine rings is 1. The summed E-state index contributed by atoms with van der Waals surface area (Å²) in [6, 6.07) is 9.83. The van der Waals surface area contributed by atoms with E-state index in [0.717, 1.165) is 4.31 Å². The minimum absolute atomic E-state index is 0.0584. The Hall–Kier alpha value is -2.49. The third-order valence-corrected chi connectivity index (χ3v) is 6.23. The van der Waals surface area contributed by atoms with Gasteiger partial charge >= 0.3 is 5.97 Å². The standard InChI is InChI=1S/C17H17ClN4O4S/c18-12-6-8-13(9-7-12)27(24,25)22-11-3-5-15(22)17(23)26-21-16(19)14-4-1-2-10-20-14/h1-2,4,6-10,15H,3,5,11H2,(H2,19,21)/t15-/m1/s1. The Morgan fingerprint density at radius 2 is 2.00 bits per heavy atom. The van der Waals surface area contributed by atoms with Gasteiger partial charge in [0.15, 0.2) is 5.84 Å². The van der Waals surface area contributed by atoms with Crippen LogP contribution < -0.4 is 5.73 Å². The minimum Gasteiger partial charge on any atom is -0.379 e. The van der Waals surface area contributed by atoms with Crippen molar-refractivity contribution in [2.45, 2.75) is 23.8 Å². The molecule has 0 amide bonds. The molecule has 0 spiro atoms. The number of benzene rings is 1.